The van der Waals surface area contributed by atoms with E-state index in [1.54, 1.807) is 0 Å². The summed E-state index contributed by atoms with van der Waals surface area (Å²) in [6, 6.07) is 2.53. The van der Waals surface area contributed by atoms with Gasteiger partial charge in [0.05, 0.1) is 17.3 Å². The van der Waals surface area contributed by atoms with Crippen LogP contribution in [-0.4, -0.2) is 48.8 Å². The average Bonchev–Trinajstić information content (AvgIpc) is 3.48. The molecule has 0 radical (unpaired) electrons. The van der Waals surface area contributed by atoms with Crippen molar-refractivity contribution in [3.8, 4) is 0 Å². The maximum absolute atomic E-state index is 13.3. The quantitative estimate of drug-likeness (QED) is 0.506. The Kier molecular flexibility index (Phi) is 7.71. The minimum atomic E-state index is -3.10. The van der Waals surface area contributed by atoms with Gasteiger partial charge in [0.1, 0.15) is 6.10 Å². The lowest BCUT2D eigenvalue weighted by Crippen LogP contribution is -2.47. The number of ether oxygens (including phenoxy) is 1. The molecule has 1 saturated carbocycles. The minimum Gasteiger partial charge on any atom is -0.446 e. The van der Waals surface area contributed by atoms with E-state index in [1.165, 1.54) is 25.2 Å². The first-order valence-corrected chi connectivity index (χ1v) is 9.59. The molecule has 0 unspecified atom stereocenters. The number of anilines is 1. The highest BCUT2D eigenvalue weighted by Crippen LogP contribution is 2.26. The van der Waals surface area contributed by atoms with Crippen LogP contribution in [0, 0.1) is 0 Å². The summed E-state index contributed by atoms with van der Waals surface area (Å²) in [4.78, 5) is 48.6. The van der Waals surface area contributed by atoms with Crippen LogP contribution in [0.5, 0.6) is 0 Å². The van der Waals surface area contributed by atoms with Gasteiger partial charge < -0.3 is 15.4 Å². The standard InChI is InChI=1S/C19H22ClF2N3O5/c1-19(21,22)8-7-14(15(26)17(28)23-2)24-16(27)12-9-10(20)3-6-13(12)25-18(29)30-11-4-5-11/h3,6,9,11,14H,4-5,7-8H2,1-2H3,(H,23,28)(H,24,27)(H,25,29)/t14-/m0/s1. The minimum absolute atomic E-state index is 0.0505. The molecule has 1 atom stereocenters. The predicted octanol–water partition coefficient (Wildman–Crippen LogP) is 2.90. The molecule has 3 amide bonds. The van der Waals surface area contributed by atoms with Crippen LogP contribution in [0.4, 0.5) is 19.3 Å². The molecule has 0 aromatic heterocycles. The Bertz CT molecular complexity index is 840. The fourth-order valence-electron chi connectivity index (χ4n) is 2.47. The summed E-state index contributed by atoms with van der Waals surface area (Å²) in [7, 11) is 1.21. The third kappa shape index (κ3) is 7.25. The molecule has 1 aliphatic carbocycles. The van der Waals surface area contributed by atoms with Crippen LogP contribution in [0.2, 0.25) is 5.02 Å². The van der Waals surface area contributed by atoms with Gasteiger partial charge in [0.2, 0.25) is 11.7 Å². The molecular formula is C19H22ClF2N3O5. The maximum atomic E-state index is 13.3. The molecular weight excluding hydrogens is 424 g/mol. The van der Waals surface area contributed by atoms with Gasteiger partial charge in [-0.25, -0.2) is 13.6 Å². The maximum Gasteiger partial charge on any atom is 0.411 e. The van der Waals surface area contributed by atoms with Crippen LogP contribution < -0.4 is 16.0 Å². The number of halogens is 3. The lowest BCUT2D eigenvalue weighted by atomic mass is 10.0. The van der Waals surface area contributed by atoms with Crippen LogP contribution in [0.3, 0.4) is 0 Å². The van der Waals surface area contributed by atoms with Gasteiger partial charge >= 0.3 is 6.09 Å². The highest BCUT2D eigenvalue weighted by atomic mass is 35.5. The topological polar surface area (TPSA) is 114 Å². The molecule has 1 aromatic carbocycles. The number of nitrogens with one attached hydrogen (secondary N) is 3. The molecule has 0 spiro atoms. The van der Waals surface area contributed by atoms with E-state index in [0.29, 0.717) is 6.92 Å². The van der Waals surface area contributed by atoms with Crippen molar-refractivity contribution >= 4 is 41.0 Å². The molecule has 3 N–H and O–H groups in total. The first-order chi connectivity index (χ1) is 14.0. The first-order valence-electron chi connectivity index (χ1n) is 9.22. The molecule has 1 fully saturated rings. The van der Waals surface area contributed by atoms with Crippen molar-refractivity contribution in [2.75, 3.05) is 12.4 Å². The van der Waals surface area contributed by atoms with E-state index in [2.05, 4.69) is 16.0 Å². The second kappa shape index (κ2) is 9.84. The summed E-state index contributed by atoms with van der Waals surface area (Å²) in [5.74, 6) is -6.07. The van der Waals surface area contributed by atoms with Crippen molar-refractivity contribution in [2.45, 2.75) is 50.7 Å². The van der Waals surface area contributed by atoms with Crippen molar-refractivity contribution in [1.29, 1.82) is 0 Å². The summed E-state index contributed by atoms with van der Waals surface area (Å²) in [6.45, 7) is 0.667. The van der Waals surface area contributed by atoms with Crippen LogP contribution >= 0.6 is 11.6 Å². The van der Waals surface area contributed by atoms with Gasteiger partial charge in [-0.15, -0.1) is 0 Å². The third-order valence-corrected chi connectivity index (χ3v) is 4.44. The van der Waals surface area contributed by atoms with Crippen molar-refractivity contribution in [1.82, 2.24) is 10.6 Å². The second-order valence-electron chi connectivity index (χ2n) is 7.00. The zero-order valence-corrected chi connectivity index (χ0v) is 17.1. The summed E-state index contributed by atoms with van der Waals surface area (Å²) in [5, 5.41) is 6.97. The van der Waals surface area contributed by atoms with Crippen LogP contribution in [0.1, 0.15) is 43.0 Å². The number of hydrogen-bond donors (Lipinski definition) is 3. The Morgan fingerprint density at radius 2 is 1.93 bits per heavy atom. The number of hydrogen-bond acceptors (Lipinski definition) is 5. The summed E-state index contributed by atoms with van der Waals surface area (Å²) in [5.41, 5.74) is -0.0669. The van der Waals surface area contributed by atoms with E-state index in [-0.39, 0.29) is 22.4 Å². The Labute approximate surface area is 176 Å². The molecule has 0 bridgehead atoms. The van der Waals surface area contributed by atoms with E-state index in [1.807, 2.05) is 0 Å². The van der Waals surface area contributed by atoms with E-state index < -0.39 is 48.5 Å². The van der Waals surface area contributed by atoms with E-state index in [0.717, 1.165) is 12.8 Å². The third-order valence-electron chi connectivity index (χ3n) is 4.21. The monoisotopic (exact) mass is 445 g/mol. The zero-order chi connectivity index (χ0) is 22.5. The zero-order valence-electron chi connectivity index (χ0n) is 16.4. The van der Waals surface area contributed by atoms with Gasteiger partial charge in [0, 0.05) is 18.5 Å². The lowest BCUT2D eigenvalue weighted by Gasteiger charge is -2.20. The van der Waals surface area contributed by atoms with Crippen LogP contribution in [-0.2, 0) is 14.3 Å². The second-order valence-corrected chi connectivity index (χ2v) is 7.43. The van der Waals surface area contributed by atoms with Crippen molar-refractivity contribution in [2.24, 2.45) is 0 Å². The average molecular weight is 446 g/mol. The largest absolute Gasteiger partial charge is 0.446 e. The van der Waals surface area contributed by atoms with Gasteiger partial charge in [0.25, 0.3) is 11.8 Å². The summed E-state index contributed by atoms with van der Waals surface area (Å²) in [6.07, 6.45) is -0.611. The van der Waals surface area contributed by atoms with Crippen LogP contribution in [0.25, 0.3) is 0 Å². The van der Waals surface area contributed by atoms with Gasteiger partial charge in [0.15, 0.2) is 0 Å². The number of alkyl halides is 2. The highest BCUT2D eigenvalue weighted by molar-refractivity contribution is 6.38. The Morgan fingerprint density at radius 3 is 2.50 bits per heavy atom. The summed E-state index contributed by atoms with van der Waals surface area (Å²) >= 11 is 5.93. The fraction of sp³-hybridized carbons (Fsp3) is 0.474. The number of amides is 3. The molecule has 1 aromatic rings. The molecule has 1 aliphatic rings. The Balaban J connectivity index is 2.20. The lowest BCUT2D eigenvalue weighted by molar-refractivity contribution is -0.139. The molecule has 0 aliphatic heterocycles. The number of Topliss-reactive ketones (excluding diaryl/α,β-unsaturated/α-hetero) is 1. The first kappa shape index (κ1) is 23.5. The molecule has 164 valence electrons. The summed E-state index contributed by atoms with van der Waals surface area (Å²) < 4.78 is 31.6. The van der Waals surface area contributed by atoms with Crippen molar-refractivity contribution in [3.63, 3.8) is 0 Å². The predicted molar refractivity (Wildman–Crippen MR) is 105 cm³/mol. The van der Waals surface area contributed by atoms with Gasteiger partial charge in [-0.2, -0.15) is 0 Å². The number of benzene rings is 1. The SMILES string of the molecule is CNC(=O)C(=O)[C@H](CCC(C)(F)F)NC(=O)c1cc(Cl)ccc1NC(=O)OC1CC1. The molecule has 8 nitrogen and oxygen atoms in total. The van der Waals surface area contributed by atoms with E-state index >= 15 is 0 Å². The Morgan fingerprint density at radius 1 is 1.27 bits per heavy atom. The number of carbonyl (C=O) groups is 4. The van der Waals surface area contributed by atoms with Crippen molar-refractivity contribution in [3.05, 3.63) is 28.8 Å². The molecule has 30 heavy (non-hydrogen) atoms. The van der Waals surface area contributed by atoms with Crippen molar-refractivity contribution < 1.29 is 32.7 Å². The highest BCUT2D eigenvalue weighted by Gasteiger charge is 2.31. The number of likely N-dealkylation sites (N-methyl/N-ethyl adjacent to an activating group) is 1. The van der Waals surface area contributed by atoms with Crippen LogP contribution in [0.15, 0.2) is 18.2 Å². The fourth-order valence-corrected chi connectivity index (χ4v) is 2.65. The molecule has 0 saturated heterocycles. The number of rotatable bonds is 9. The molecule has 11 heteroatoms. The van der Waals surface area contributed by atoms with Gasteiger partial charge in [-0.05, 0) is 44.4 Å². The molecule has 2 rings (SSSR count). The van der Waals surface area contributed by atoms with Gasteiger partial charge in [-0.1, -0.05) is 11.6 Å². The smallest absolute Gasteiger partial charge is 0.411 e. The van der Waals surface area contributed by atoms with Gasteiger partial charge in [-0.3, -0.25) is 19.7 Å². The molecule has 0 heterocycles. The number of ketones is 1. The number of carbonyl (C=O) groups excluding carboxylic acids is 4. The van der Waals surface area contributed by atoms with E-state index in [4.69, 9.17) is 16.3 Å². The normalized spacial score (nSPS) is 14.4. The van der Waals surface area contributed by atoms with E-state index in [9.17, 15) is 28.0 Å². The Hall–Kier alpha value is -2.75.